The van der Waals surface area contributed by atoms with Gasteiger partial charge in [-0.3, -0.25) is 0 Å². The average Bonchev–Trinajstić information content (AvgIpc) is 2.35. The number of aromatic nitrogens is 1. The molecule has 1 heterocycles. The highest BCUT2D eigenvalue weighted by molar-refractivity contribution is 5.42. The van der Waals surface area contributed by atoms with Crippen LogP contribution in [0.25, 0.3) is 0 Å². The van der Waals surface area contributed by atoms with Gasteiger partial charge in [0.2, 0.25) is 0 Å². The van der Waals surface area contributed by atoms with Crippen molar-refractivity contribution in [2.24, 2.45) is 0 Å². The fraction of sp³-hybridized carbons (Fsp3) is 0.267. The molecule has 3 heteroatoms. The summed E-state index contributed by atoms with van der Waals surface area (Å²) in [4.78, 5) is 4.07. The van der Waals surface area contributed by atoms with Crippen molar-refractivity contribution in [1.29, 1.82) is 0 Å². The quantitative estimate of drug-likeness (QED) is 0.869. The van der Waals surface area contributed by atoms with Crippen LogP contribution in [-0.2, 0) is 6.42 Å². The second-order valence-electron chi connectivity index (χ2n) is 4.69. The molecule has 1 unspecified atom stereocenters. The highest BCUT2D eigenvalue weighted by Gasteiger charge is 2.13. The minimum absolute atomic E-state index is 0.403. The number of nitrogen functional groups attached to an aromatic ring is 1. The van der Waals surface area contributed by atoms with Crippen molar-refractivity contribution in [2.45, 2.75) is 26.4 Å². The Hall–Kier alpha value is -1.87. The molecule has 0 saturated heterocycles. The van der Waals surface area contributed by atoms with Crippen LogP contribution in [0.5, 0.6) is 0 Å². The van der Waals surface area contributed by atoms with Gasteiger partial charge in [0.05, 0.1) is 6.10 Å². The lowest BCUT2D eigenvalue weighted by molar-refractivity contribution is 0.179. The summed E-state index contributed by atoms with van der Waals surface area (Å²) >= 11 is 0. The van der Waals surface area contributed by atoms with Crippen molar-refractivity contribution < 1.29 is 5.11 Å². The topological polar surface area (TPSA) is 59.1 Å². The Morgan fingerprint density at radius 3 is 2.50 bits per heavy atom. The fourth-order valence-electron chi connectivity index (χ4n) is 1.93. The molecule has 3 nitrogen and oxygen atoms in total. The van der Waals surface area contributed by atoms with Gasteiger partial charge in [-0.15, -0.1) is 0 Å². The molecule has 0 fully saturated rings. The van der Waals surface area contributed by atoms with Crippen molar-refractivity contribution >= 4 is 5.82 Å². The van der Waals surface area contributed by atoms with Crippen LogP contribution in [0.3, 0.4) is 0 Å². The largest absolute Gasteiger partial charge is 0.388 e. The number of hydrogen-bond acceptors (Lipinski definition) is 3. The number of pyridine rings is 1. The van der Waals surface area contributed by atoms with Crippen molar-refractivity contribution in [1.82, 2.24) is 4.98 Å². The molecule has 0 bridgehead atoms. The zero-order chi connectivity index (χ0) is 13.1. The van der Waals surface area contributed by atoms with Gasteiger partial charge < -0.3 is 10.8 Å². The second kappa shape index (κ2) is 5.19. The molecule has 0 radical (unpaired) electrons. The molecule has 0 aliphatic rings. The maximum atomic E-state index is 10.2. The van der Waals surface area contributed by atoms with E-state index in [-0.39, 0.29) is 0 Å². The second-order valence-corrected chi connectivity index (χ2v) is 4.69. The van der Waals surface area contributed by atoms with Crippen molar-refractivity contribution in [3.05, 3.63) is 58.8 Å². The van der Waals surface area contributed by atoms with Crippen LogP contribution in [-0.4, -0.2) is 10.1 Å². The molecule has 0 spiro atoms. The summed E-state index contributed by atoms with van der Waals surface area (Å²) in [6.07, 6.45) is 1.65. The maximum Gasteiger partial charge on any atom is 0.129 e. The summed E-state index contributed by atoms with van der Waals surface area (Å²) in [5, 5.41) is 10.2. The molecule has 1 aromatic carbocycles. The normalized spacial score (nSPS) is 12.4. The van der Waals surface area contributed by atoms with Gasteiger partial charge in [-0.25, -0.2) is 4.98 Å². The van der Waals surface area contributed by atoms with Gasteiger partial charge in [0.1, 0.15) is 5.82 Å². The molecular formula is C15H18N2O. The fourth-order valence-corrected chi connectivity index (χ4v) is 1.93. The van der Waals surface area contributed by atoms with Gasteiger partial charge in [0.15, 0.2) is 0 Å². The summed E-state index contributed by atoms with van der Waals surface area (Å²) in [5.74, 6) is 0.403. The van der Waals surface area contributed by atoms with Gasteiger partial charge in [0, 0.05) is 18.2 Å². The van der Waals surface area contributed by atoms with E-state index in [4.69, 9.17) is 5.73 Å². The van der Waals surface area contributed by atoms with Crippen LogP contribution in [0, 0.1) is 13.8 Å². The Morgan fingerprint density at radius 2 is 1.83 bits per heavy atom. The van der Waals surface area contributed by atoms with E-state index in [0.717, 1.165) is 11.1 Å². The summed E-state index contributed by atoms with van der Waals surface area (Å²) < 4.78 is 0. The van der Waals surface area contributed by atoms with Crippen molar-refractivity contribution in [2.75, 3.05) is 5.73 Å². The van der Waals surface area contributed by atoms with Crippen molar-refractivity contribution in [3.63, 3.8) is 0 Å². The van der Waals surface area contributed by atoms with Crippen LogP contribution in [0.4, 0.5) is 5.82 Å². The molecule has 18 heavy (non-hydrogen) atoms. The predicted octanol–water partition coefficient (Wildman–Crippen LogP) is 2.56. The third-order valence-electron chi connectivity index (χ3n) is 2.99. The molecule has 2 rings (SSSR count). The molecule has 1 atom stereocenters. The summed E-state index contributed by atoms with van der Waals surface area (Å²) in [5.41, 5.74) is 9.81. The lowest BCUT2D eigenvalue weighted by Gasteiger charge is -2.13. The lowest BCUT2D eigenvalue weighted by Crippen LogP contribution is -2.07. The number of aryl methyl sites for hydroxylation is 2. The van der Waals surface area contributed by atoms with E-state index in [0.29, 0.717) is 17.8 Å². The maximum absolute atomic E-state index is 10.2. The summed E-state index contributed by atoms with van der Waals surface area (Å²) in [6, 6.07) is 10.0. The Balaban J connectivity index is 2.18. The van der Waals surface area contributed by atoms with Gasteiger partial charge in [0.25, 0.3) is 0 Å². The Labute approximate surface area is 107 Å². The van der Waals surface area contributed by atoms with Crippen LogP contribution in [0.15, 0.2) is 36.5 Å². The molecule has 0 saturated carbocycles. The molecule has 0 amide bonds. The number of aliphatic hydroxyl groups is 1. The first-order valence-corrected chi connectivity index (χ1v) is 6.02. The highest BCUT2D eigenvalue weighted by atomic mass is 16.3. The van der Waals surface area contributed by atoms with Gasteiger partial charge in [-0.05, 0) is 31.0 Å². The first kappa shape index (κ1) is 12.6. The zero-order valence-electron chi connectivity index (χ0n) is 10.7. The number of nitrogens with zero attached hydrogens (tertiary/aromatic N) is 1. The number of hydrogen-bond donors (Lipinski definition) is 2. The van der Waals surface area contributed by atoms with Crippen molar-refractivity contribution in [3.8, 4) is 0 Å². The Bertz CT molecular complexity index is 535. The van der Waals surface area contributed by atoms with E-state index in [1.54, 1.807) is 6.20 Å². The minimum atomic E-state index is -0.611. The van der Waals surface area contributed by atoms with E-state index in [2.05, 4.69) is 4.98 Å². The molecule has 3 N–H and O–H groups in total. The van der Waals surface area contributed by atoms with E-state index < -0.39 is 6.10 Å². The monoisotopic (exact) mass is 242 g/mol. The van der Waals surface area contributed by atoms with E-state index in [1.807, 2.05) is 44.2 Å². The molecule has 0 aliphatic heterocycles. The number of nitrogens with two attached hydrogens (primary N) is 1. The van der Waals surface area contributed by atoms with Crippen LogP contribution in [0.1, 0.15) is 28.4 Å². The molecular weight excluding hydrogens is 224 g/mol. The number of benzene rings is 1. The highest BCUT2D eigenvalue weighted by Crippen LogP contribution is 2.23. The average molecular weight is 242 g/mol. The molecule has 0 aliphatic carbocycles. The minimum Gasteiger partial charge on any atom is -0.388 e. The third-order valence-corrected chi connectivity index (χ3v) is 2.99. The Kier molecular flexibility index (Phi) is 3.63. The standard InChI is InChI=1S/C15H18N2O/c1-10-3-5-12(6-4-10)8-14(18)13-7-11(2)9-17-15(13)16/h3-7,9,14,18H,8H2,1-2H3,(H2,16,17). The molecule has 1 aromatic heterocycles. The number of aliphatic hydroxyl groups excluding tert-OH is 1. The smallest absolute Gasteiger partial charge is 0.129 e. The lowest BCUT2D eigenvalue weighted by atomic mass is 10.0. The third kappa shape index (κ3) is 2.87. The Morgan fingerprint density at radius 1 is 1.17 bits per heavy atom. The van der Waals surface area contributed by atoms with Gasteiger partial charge in [-0.1, -0.05) is 29.8 Å². The van der Waals surface area contributed by atoms with E-state index in [9.17, 15) is 5.11 Å². The van der Waals surface area contributed by atoms with Crippen LogP contribution in [0.2, 0.25) is 0 Å². The summed E-state index contributed by atoms with van der Waals surface area (Å²) in [6.45, 7) is 3.98. The SMILES string of the molecule is Cc1ccc(CC(O)c2cc(C)cnc2N)cc1. The summed E-state index contributed by atoms with van der Waals surface area (Å²) in [7, 11) is 0. The zero-order valence-corrected chi connectivity index (χ0v) is 10.7. The number of rotatable bonds is 3. The van der Waals surface area contributed by atoms with Gasteiger partial charge in [-0.2, -0.15) is 0 Å². The van der Waals surface area contributed by atoms with Gasteiger partial charge >= 0.3 is 0 Å². The first-order valence-electron chi connectivity index (χ1n) is 6.02. The molecule has 2 aromatic rings. The van der Waals surface area contributed by atoms with Crippen LogP contribution < -0.4 is 5.73 Å². The van der Waals surface area contributed by atoms with Crippen LogP contribution >= 0.6 is 0 Å². The van der Waals surface area contributed by atoms with E-state index in [1.165, 1.54) is 5.56 Å². The predicted molar refractivity (Wildman–Crippen MR) is 73.2 cm³/mol. The number of anilines is 1. The van der Waals surface area contributed by atoms with E-state index >= 15 is 0 Å². The first-order chi connectivity index (χ1) is 8.56. The molecule has 94 valence electrons.